The maximum atomic E-state index is 12.9. The first kappa shape index (κ1) is 18.5. The van der Waals surface area contributed by atoms with Crippen molar-refractivity contribution in [1.29, 1.82) is 0 Å². The van der Waals surface area contributed by atoms with E-state index in [1.807, 2.05) is 48.6 Å². The summed E-state index contributed by atoms with van der Waals surface area (Å²) in [7, 11) is 1.97. The summed E-state index contributed by atoms with van der Waals surface area (Å²) in [5.74, 6) is -0.0325. The predicted octanol–water partition coefficient (Wildman–Crippen LogP) is 3.28. The van der Waals surface area contributed by atoms with Gasteiger partial charge in [-0.3, -0.25) is 9.59 Å². The molecule has 2 amide bonds. The van der Waals surface area contributed by atoms with Gasteiger partial charge < -0.3 is 14.4 Å². The standard InChI is InChI=1S/C20H24ClN3O2/c1-14-13-17(15(2)22(14)3)20(26)24-10-6-9-23(11-12-24)19(25)16-7-4-5-8-18(16)21/h4-5,7-8,13H,6,9-12H2,1-3H3. The smallest absolute Gasteiger partial charge is 0.255 e. The fourth-order valence-corrected chi connectivity index (χ4v) is 3.59. The average molecular weight is 374 g/mol. The molecule has 26 heavy (non-hydrogen) atoms. The van der Waals surface area contributed by atoms with Crippen LogP contribution in [0.4, 0.5) is 0 Å². The number of hydrogen-bond acceptors (Lipinski definition) is 2. The maximum Gasteiger partial charge on any atom is 0.255 e. The summed E-state index contributed by atoms with van der Waals surface area (Å²) in [6, 6.07) is 9.03. The summed E-state index contributed by atoms with van der Waals surface area (Å²) in [4.78, 5) is 29.3. The topological polar surface area (TPSA) is 45.6 Å². The monoisotopic (exact) mass is 373 g/mol. The van der Waals surface area contributed by atoms with E-state index in [9.17, 15) is 9.59 Å². The number of nitrogens with zero attached hydrogens (tertiary/aromatic N) is 3. The first-order valence-corrected chi connectivity index (χ1v) is 9.24. The van der Waals surface area contributed by atoms with Crippen LogP contribution in [0.25, 0.3) is 0 Å². The van der Waals surface area contributed by atoms with Gasteiger partial charge in [0.25, 0.3) is 11.8 Å². The number of carbonyl (C=O) groups excluding carboxylic acids is 2. The van der Waals surface area contributed by atoms with Crippen LogP contribution in [0.15, 0.2) is 30.3 Å². The number of aryl methyl sites for hydroxylation is 1. The Morgan fingerprint density at radius 3 is 2.04 bits per heavy atom. The fraction of sp³-hybridized carbons (Fsp3) is 0.400. The van der Waals surface area contributed by atoms with Crippen molar-refractivity contribution in [3.8, 4) is 0 Å². The maximum absolute atomic E-state index is 12.9. The number of aromatic nitrogens is 1. The van der Waals surface area contributed by atoms with Gasteiger partial charge in [-0.15, -0.1) is 0 Å². The first-order chi connectivity index (χ1) is 12.4. The highest BCUT2D eigenvalue weighted by Crippen LogP contribution is 2.20. The van der Waals surface area contributed by atoms with E-state index in [0.29, 0.717) is 36.8 Å². The van der Waals surface area contributed by atoms with Crippen LogP contribution in [0.2, 0.25) is 5.02 Å². The fourth-order valence-electron chi connectivity index (χ4n) is 3.37. The zero-order chi connectivity index (χ0) is 18.8. The van der Waals surface area contributed by atoms with Crippen molar-refractivity contribution in [3.63, 3.8) is 0 Å². The molecule has 6 heteroatoms. The molecule has 1 aromatic carbocycles. The number of hydrogen-bond donors (Lipinski definition) is 0. The lowest BCUT2D eigenvalue weighted by atomic mass is 10.2. The Balaban J connectivity index is 1.72. The Labute approximate surface area is 159 Å². The molecular formula is C20H24ClN3O2. The summed E-state index contributed by atoms with van der Waals surface area (Å²) in [5.41, 5.74) is 3.30. The molecule has 5 nitrogen and oxygen atoms in total. The molecular weight excluding hydrogens is 350 g/mol. The molecule has 3 rings (SSSR count). The number of rotatable bonds is 2. The molecule has 1 aromatic heterocycles. The molecule has 0 N–H and O–H groups in total. The third kappa shape index (κ3) is 3.49. The van der Waals surface area contributed by atoms with Crippen molar-refractivity contribution in [3.05, 3.63) is 57.9 Å². The second-order valence-electron chi connectivity index (χ2n) is 6.76. The second kappa shape index (κ2) is 7.54. The molecule has 1 fully saturated rings. The Kier molecular flexibility index (Phi) is 5.37. The Hall–Kier alpha value is -2.27. The van der Waals surface area contributed by atoms with E-state index in [1.54, 1.807) is 17.0 Å². The van der Waals surface area contributed by atoms with Crippen molar-refractivity contribution in [2.45, 2.75) is 20.3 Å². The van der Waals surface area contributed by atoms with E-state index in [4.69, 9.17) is 11.6 Å². The van der Waals surface area contributed by atoms with Gasteiger partial charge >= 0.3 is 0 Å². The van der Waals surface area contributed by atoms with E-state index in [1.165, 1.54) is 0 Å². The summed E-state index contributed by atoms with van der Waals surface area (Å²) in [6.07, 6.45) is 0.757. The average Bonchev–Trinajstić information content (AvgIpc) is 2.83. The Morgan fingerprint density at radius 2 is 1.50 bits per heavy atom. The third-order valence-corrected chi connectivity index (χ3v) is 5.51. The number of carbonyl (C=O) groups is 2. The van der Waals surface area contributed by atoms with Crippen molar-refractivity contribution in [2.24, 2.45) is 7.05 Å². The minimum atomic E-state index is -0.0726. The van der Waals surface area contributed by atoms with Crippen molar-refractivity contribution < 1.29 is 9.59 Å². The van der Waals surface area contributed by atoms with Crippen LogP contribution in [0.1, 0.15) is 38.5 Å². The summed E-state index contributed by atoms with van der Waals surface area (Å²) < 4.78 is 2.03. The molecule has 1 aliphatic rings. The molecule has 0 radical (unpaired) electrons. The lowest BCUT2D eigenvalue weighted by molar-refractivity contribution is 0.0718. The lowest BCUT2D eigenvalue weighted by Gasteiger charge is -2.22. The summed E-state index contributed by atoms with van der Waals surface area (Å²) >= 11 is 6.16. The normalized spacial score (nSPS) is 15.1. The van der Waals surface area contributed by atoms with Gasteiger partial charge in [-0.2, -0.15) is 0 Å². The minimum Gasteiger partial charge on any atom is -0.351 e. The van der Waals surface area contributed by atoms with Crippen LogP contribution < -0.4 is 0 Å². The van der Waals surface area contributed by atoms with Gasteiger partial charge in [-0.25, -0.2) is 0 Å². The molecule has 1 aliphatic heterocycles. The van der Waals surface area contributed by atoms with E-state index in [2.05, 4.69) is 0 Å². The largest absolute Gasteiger partial charge is 0.351 e. The molecule has 2 heterocycles. The van der Waals surface area contributed by atoms with E-state index in [-0.39, 0.29) is 11.8 Å². The van der Waals surface area contributed by atoms with Gasteiger partial charge in [0.15, 0.2) is 0 Å². The lowest BCUT2D eigenvalue weighted by Crippen LogP contribution is -2.37. The zero-order valence-electron chi connectivity index (χ0n) is 15.5. The Bertz CT molecular complexity index is 844. The molecule has 0 aliphatic carbocycles. The summed E-state index contributed by atoms with van der Waals surface area (Å²) in [5, 5.41) is 0.463. The van der Waals surface area contributed by atoms with Gasteiger partial charge in [0.2, 0.25) is 0 Å². The van der Waals surface area contributed by atoms with Gasteiger partial charge in [-0.05, 0) is 38.5 Å². The highest BCUT2D eigenvalue weighted by molar-refractivity contribution is 6.33. The van der Waals surface area contributed by atoms with Crippen molar-refractivity contribution >= 4 is 23.4 Å². The highest BCUT2D eigenvalue weighted by Gasteiger charge is 2.26. The first-order valence-electron chi connectivity index (χ1n) is 8.86. The molecule has 0 unspecified atom stereocenters. The van der Waals surface area contributed by atoms with Crippen LogP contribution in [0, 0.1) is 13.8 Å². The van der Waals surface area contributed by atoms with Crippen molar-refractivity contribution in [2.75, 3.05) is 26.2 Å². The second-order valence-corrected chi connectivity index (χ2v) is 7.17. The quantitative estimate of drug-likeness (QED) is 0.810. The SMILES string of the molecule is Cc1cc(C(=O)N2CCCN(C(=O)c3ccccc3Cl)CC2)c(C)n1C. The zero-order valence-corrected chi connectivity index (χ0v) is 16.2. The van der Waals surface area contributed by atoms with Gasteiger partial charge in [-0.1, -0.05) is 23.7 Å². The number of halogens is 1. The number of amides is 2. The molecule has 0 atom stereocenters. The van der Waals surface area contributed by atoms with Crippen molar-refractivity contribution in [1.82, 2.24) is 14.4 Å². The molecule has 0 spiro atoms. The minimum absolute atomic E-state index is 0.0400. The molecule has 2 aromatic rings. The van der Waals surface area contributed by atoms with Crippen LogP contribution in [-0.2, 0) is 7.05 Å². The van der Waals surface area contributed by atoms with Crippen LogP contribution >= 0.6 is 11.6 Å². The summed E-state index contributed by atoms with van der Waals surface area (Å²) in [6.45, 7) is 6.28. The number of benzene rings is 1. The van der Waals surface area contributed by atoms with E-state index >= 15 is 0 Å². The molecule has 0 saturated carbocycles. The molecule has 138 valence electrons. The third-order valence-electron chi connectivity index (χ3n) is 5.18. The van der Waals surface area contributed by atoms with E-state index in [0.717, 1.165) is 23.4 Å². The van der Waals surface area contributed by atoms with Crippen LogP contribution in [0.5, 0.6) is 0 Å². The molecule has 1 saturated heterocycles. The van der Waals surface area contributed by atoms with E-state index < -0.39 is 0 Å². The van der Waals surface area contributed by atoms with Gasteiger partial charge in [0, 0.05) is 44.6 Å². The van der Waals surface area contributed by atoms with Crippen LogP contribution in [-0.4, -0.2) is 52.4 Å². The highest BCUT2D eigenvalue weighted by atomic mass is 35.5. The molecule has 0 bridgehead atoms. The van der Waals surface area contributed by atoms with Gasteiger partial charge in [0.05, 0.1) is 16.1 Å². The van der Waals surface area contributed by atoms with Crippen LogP contribution in [0.3, 0.4) is 0 Å². The predicted molar refractivity (Wildman–Crippen MR) is 103 cm³/mol. The Morgan fingerprint density at radius 1 is 0.923 bits per heavy atom. The van der Waals surface area contributed by atoms with Gasteiger partial charge in [0.1, 0.15) is 0 Å².